The van der Waals surface area contributed by atoms with Gasteiger partial charge in [0.2, 0.25) is 0 Å². The lowest BCUT2D eigenvalue weighted by atomic mass is 10.1. The molecule has 0 saturated heterocycles. The molecule has 0 bridgehead atoms. The summed E-state index contributed by atoms with van der Waals surface area (Å²) >= 11 is 5.95. The van der Waals surface area contributed by atoms with Crippen LogP contribution in [0.25, 0.3) is 0 Å². The molecule has 0 aliphatic heterocycles. The van der Waals surface area contributed by atoms with Gasteiger partial charge in [0.15, 0.2) is 5.96 Å². The summed E-state index contributed by atoms with van der Waals surface area (Å²) in [5.41, 5.74) is 0.518. The Bertz CT molecular complexity index is 406. The van der Waals surface area contributed by atoms with E-state index in [-0.39, 0.29) is 5.82 Å². The zero-order chi connectivity index (χ0) is 14.1. The Hall–Kier alpha value is -1.33. The number of hydrogen-bond acceptors (Lipinski definition) is 2. The zero-order valence-corrected chi connectivity index (χ0v) is 11.9. The first kappa shape index (κ1) is 15.7. The van der Waals surface area contributed by atoms with E-state index >= 15 is 0 Å². The van der Waals surface area contributed by atoms with Crippen molar-refractivity contribution in [3.63, 3.8) is 0 Å². The SMILES string of the molecule is CN=C(NCCOC)NCCc1c(F)cccc1Cl. The van der Waals surface area contributed by atoms with E-state index in [4.69, 9.17) is 16.3 Å². The molecule has 0 radical (unpaired) electrons. The molecule has 2 N–H and O–H groups in total. The molecular weight excluding hydrogens is 269 g/mol. The average molecular weight is 288 g/mol. The van der Waals surface area contributed by atoms with Gasteiger partial charge in [-0.3, -0.25) is 4.99 Å². The number of benzene rings is 1. The summed E-state index contributed by atoms with van der Waals surface area (Å²) in [4.78, 5) is 4.05. The summed E-state index contributed by atoms with van der Waals surface area (Å²) in [7, 11) is 3.32. The second kappa shape index (κ2) is 8.72. The maximum atomic E-state index is 13.5. The number of ether oxygens (including phenoxy) is 1. The molecule has 1 aromatic rings. The highest BCUT2D eigenvalue weighted by atomic mass is 35.5. The molecule has 0 saturated carbocycles. The van der Waals surface area contributed by atoms with E-state index in [1.54, 1.807) is 26.3 Å². The molecule has 0 amide bonds. The second-order valence-electron chi connectivity index (χ2n) is 3.87. The molecule has 19 heavy (non-hydrogen) atoms. The van der Waals surface area contributed by atoms with Crippen LogP contribution in [-0.2, 0) is 11.2 Å². The Morgan fingerprint density at radius 3 is 2.74 bits per heavy atom. The van der Waals surface area contributed by atoms with Crippen LogP contribution in [0.5, 0.6) is 0 Å². The smallest absolute Gasteiger partial charge is 0.191 e. The van der Waals surface area contributed by atoms with Crippen molar-refractivity contribution in [2.75, 3.05) is 33.9 Å². The van der Waals surface area contributed by atoms with Gasteiger partial charge in [-0.2, -0.15) is 0 Å². The van der Waals surface area contributed by atoms with Crippen molar-refractivity contribution >= 4 is 17.6 Å². The standard InChI is InChI=1S/C13H19ClFN3O/c1-16-13(18-8-9-19-2)17-7-6-10-11(14)4-3-5-12(10)15/h3-5H,6-9H2,1-2H3,(H2,16,17,18). The molecule has 4 nitrogen and oxygen atoms in total. The highest BCUT2D eigenvalue weighted by Crippen LogP contribution is 2.18. The van der Waals surface area contributed by atoms with Crippen LogP contribution in [-0.4, -0.2) is 39.8 Å². The lowest BCUT2D eigenvalue weighted by Gasteiger charge is -2.12. The number of aliphatic imine (C=N–C) groups is 1. The lowest BCUT2D eigenvalue weighted by Crippen LogP contribution is -2.39. The third kappa shape index (κ3) is 5.44. The van der Waals surface area contributed by atoms with Crippen molar-refractivity contribution in [3.05, 3.63) is 34.6 Å². The van der Waals surface area contributed by atoms with Crippen molar-refractivity contribution in [2.24, 2.45) is 4.99 Å². The van der Waals surface area contributed by atoms with Crippen LogP contribution in [0.3, 0.4) is 0 Å². The lowest BCUT2D eigenvalue weighted by molar-refractivity contribution is 0.203. The van der Waals surface area contributed by atoms with Gasteiger partial charge < -0.3 is 15.4 Å². The molecule has 0 aliphatic rings. The van der Waals surface area contributed by atoms with E-state index in [1.807, 2.05) is 0 Å². The highest BCUT2D eigenvalue weighted by Gasteiger charge is 2.06. The fourth-order valence-corrected chi connectivity index (χ4v) is 1.83. The molecular formula is C13H19ClFN3O. The van der Waals surface area contributed by atoms with Gasteiger partial charge in [0.05, 0.1) is 6.61 Å². The first-order chi connectivity index (χ1) is 9.19. The Morgan fingerprint density at radius 1 is 1.37 bits per heavy atom. The van der Waals surface area contributed by atoms with Gasteiger partial charge in [-0.25, -0.2) is 4.39 Å². The van der Waals surface area contributed by atoms with Crippen LogP contribution in [0.1, 0.15) is 5.56 Å². The monoisotopic (exact) mass is 287 g/mol. The van der Waals surface area contributed by atoms with Crippen molar-refractivity contribution in [1.29, 1.82) is 0 Å². The summed E-state index contributed by atoms with van der Waals surface area (Å²) in [6.07, 6.45) is 0.497. The van der Waals surface area contributed by atoms with Gasteiger partial charge in [0.25, 0.3) is 0 Å². The average Bonchev–Trinajstić information content (AvgIpc) is 2.40. The molecule has 1 rings (SSSR count). The number of methoxy groups -OCH3 is 1. The molecule has 6 heteroatoms. The van der Waals surface area contributed by atoms with Crippen molar-refractivity contribution in [1.82, 2.24) is 10.6 Å². The molecule has 0 aliphatic carbocycles. The van der Waals surface area contributed by atoms with Crippen molar-refractivity contribution < 1.29 is 9.13 Å². The molecule has 0 spiro atoms. The number of hydrogen-bond donors (Lipinski definition) is 2. The summed E-state index contributed by atoms with van der Waals surface area (Å²) in [5.74, 6) is 0.376. The fourth-order valence-electron chi connectivity index (χ4n) is 1.57. The van der Waals surface area contributed by atoms with E-state index in [0.29, 0.717) is 42.7 Å². The van der Waals surface area contributed by atoms with Gasteiger partial charge in [0.1, 0.15) is 5.82 Å². The maximum Gasteiger partial charge on any atom is 0.191 e. The predicted molar refractivity (Wildman–Crippen MR) is 76.4 cm³/mol. The number of nitrogens with zero attached hydrogens (tertiary/aromatic N) is 1. The number of rotatable bonds is 6. The van der Waals surface area contributed by atoms with Crippen LogP contribution in [0, 0.1) is 5.82 Å². The van der Waals surface area contributed by atoms with E-state index < -0.39 is 0 Å². The number of nitrogens with one attached hydrogen (secondary N) is 2. The van der Waals surface area contributed by atoms with Crippen LogP contribution >= 0.6 is 11.6 Å². The van der Waals surface area contributed by atoms with Crippen LogP contribution in [0.15, 0.2) is 23.2 Å². The van der Waals surface area contributed by atoms with E-state index in [1.165, 1.54) is 6.07 Å². The summed E-state index contributed by atoms with van der Waals surface area (Å²) < 4.78 is 18.5. The van der Waals surface area contributed by atoms with Crippen LogP contribution in [0.4, 0.5) is 4.39 Å². The zero-order valence-electron chi connectivity index (χ0n) is 11.2. The quantitative estimate of drug-likeness (QED) is 0.477. The highest BCUT2D eigenvalue weighted by molar-refractivity contribution is 6.31. The van der Waals surface area contributed by atoms with Crippen molar-refractivity contribution in [2.45, 2.75) is 6.42 Å². The maximum absolute atomic E-state index is 13.5. The Morgan fingerprint density at radius 2 is 2.11 bits per heavy atom. The molecule has 0 fully saturated rings. The van der Waals surface area contributed by atoms with Crippen LogP contribution < -0.4 is 10.6 Å². The van der Waals surface area contributed by atoms with Gasteiger partial charge in [-0.1, -0.05) is 17.7 Å². The second-order valence-corrected chi connectivity index (χ2v) is 4.28. The van der Waals surface area contributed by atoms with Crippen molar-refractivity contribution in [3.8, 4) is 0 Å². The van der Waals surface area contributed by atoms with Gasteiger partial charge in [-0.15, -0.1) is 0 Å². The first-order valence-corrected chi connectivity index (χ1v) is 6.43. The predicted octanol–water partition coefficient (Wildman–Crippen LogP) is 1.83. The van der Waals surface area contributed by atoms with E-state index in [2.05, 4.69) is 15.6 Å². The largest absolute Gasteiger partial charge is 0.383 e. The summed E-state index contributed by atoms with van der Waals surface area (Å²) in [5, 5.41) is 6.61. The Labute approximate surface area is 118 Å². The molecule has 0 unspecified atom stereocenters. The molecule has 106 valence electrons. The minimum Gasteiger partial charge on any atom is -0.383 e. The number of guanidine groups is 1. The fraction of sp³-hybridized carbons (Fsp3) is 0.462. The minimum atomic E-state index is -0.281. The number of halogens is 2. The summed E-state index contributed by atoms with van der Waals surface area (Å²) in [6.45, 7) is 1.81. The van der Waals surface area contributed by atoms with Gasteiger partial charge in [0, 0.05) is 37.8 Å². The van der Waals surface area contributed by atoms with E-state index in [0.717, 1.165) is 0 Å². The Balaban J connectivity index is 2.40. The topological polar surface area (TPSA) is 45.7 Å². The first-order valence-electron chi connectivity index (χ1n) is 6.05. The van der Waals surface area contributed by atoms with E-state index in [9.17, 15) is 4.39 Å². The third-order valence-electron chi connectivity index (χ3n) is 2.55. The minimum absolute atomic E-state index is 0.281. The van der Waals surface area contributed by atoms with Crippen LogP contribution in [0.2, 0.25) is 5.02 Å². The molecule has 1 aromatic carbocycles. The van der Waals surface area contributed by atoms with Gasteiger partial charge in [-0.05, 0) is 18.6 Å². The third-order valence-corrected chi connectivity index (χ3v) is 2.91. The molecule has 0 aromatic heterocycles. The molecule has 0 atom stereocenters. The summed E-state index contributed by atoms with van der Waals surface area (Å²) in [6, 6.07) is 4.69. The molecule has 0 heterocycles. The van der Waals surface area contributed by atoms with Gasteiger partial charge >= 0.3 is 0 Å². The Kier molecular flexibility index (Phi) is 7.22. The normalized spacial score (nSPS) is 11.5.